The Morgan fingerprint density at radius 3 is 2.08 bits per heavy atom. The van der Waals surface area contributed by atoms with Crippen molar-refractivity contribution >= 4 is 11.8 Å². The van der Waals surface area contributed by atoms with Gasteiger partial charge in [-0.15, -0.1) is 0 Å². The van der Waals surface area contributed by atoms with E-state index < -0.39 is 0 Å². The molecule has 0 atom stereocenters. The van der Waals surface area contributed by atoms with Crippen LogP contribution in [0, 0.1) is 0 Å². The first kappa shape index (κ1) is 21.5. The number of rotatable bonds is 16. The zero-order valence-electron chi connectivity index (χ0n) is 16.4. The molecule has 0 unspecified atom stereocenters. The van der Waals surface area contributed by atoms with Crippen molar-refractivity contribution < 1.29 is 4.74 Å². The molecular weight excluding hydrogens is 312 g/mol. The summed E-state index contributed by atoms with van der Waals surface area (Å²) in [5.41, 5.74) is 5.75. The summed E-state index contributed by atoms with van der Waals surface area (Å²) in [4.78, 5) is 8.34. The third-order valence-corrected chi connectivity index (χ3v) is 4.30. The Kier molecular flexibility index (Phi) is 12.7. The molecule has 0 spiro atoms. The van der Waals surface area contributed by atoms with E-state index in [0.29, 0.717) is 12.5 Å². The summed E-state index contributed by atoms with van der Waals surface area (Å²) in [6.45, 7) is 5.99. The minimum absolute atomic E-state index is 0.263. The van der Waals surface area contributed by atoms with Gasteiger partial charge in [-0.2, -0.15) is 9.97 Å². The highest BCUT2D eigenvalue weighted by atomic mass is 16.5. The summed E-state index contributed by atoms with van der Waals surface area (Å²) in [5.74, 6) is 1.58. The van der Waals surface area contributed by atoms with E-state index in [1.54, 1.807) is 0 Å². The fourth-order valence-electron chi connectivity index (χ4n) is 2.76. The molecule has 0 radical (unpaired) electrons. The van der Waals surface area contributed by atoms with Crippen LogP contribution in [0.5, 0.6) is 5.88 Å². The number of nitrogens with two attached hydrogens (primary N) is 1. The van der Waals surface area contributed by atoms with E-state index in [-0.39, 0.29) is 5.95 Å². The van der Waals surface area contributed by atoms with Gasteiger partial charge in [0.25, 0.3) is 0 Å². The summed E-state index contributed by atoms with van der Waals surface area (Å²) in [5, 5.41) is 3.33. The Labute approximate surface area is 154 Å². The molecule has 0 aromatic carbocycles. The van der Waals surface area contributed by atoms with Crippen LogP contribution in [0.25, 0.3) is 0 Å². The monoisotopic (exact) mass is 350 g/mol. The molecule has 0 fully saturated rings. The van der Waals surface area contributed by atoms with Gasteiger partial charge in [-0.1, -0.05) is 78.1 Å². The zero-order chi connectivity index (χ0) is 18.2. The van der Waals surface area contributed by atoms with Gasteiger partial charge in [0, 0.05) is 12.6 Å². The van der Waals surface area contributed by atoms with Crippen molar-refractivity contribution in [3.05, 3.63) is 6.07 Å². The van der Waals surface area contributed by atoms with E-state index >= 15 is 0 Å². The Balaban J connectivity index is 2.07. The lowest BCUT2D eigenvalue weighted by atomic mass is 10.1. The molecule has 1 heterocycles. The Bertz CT molecular complexity index is 440. The molecule has 0 saturated heterocycles. The number of hydrogen-bond donors (Lipinski definition) is 2. The second-order valence-electron chi connectivity index (χ2n) is 6.76. The van der Waals surface area contributed by atoms with Gasteiger partial charge in [-0.3, -0.25) is 0 Å². The summed E-state index contributed by atoms with van der Waals surface area (Å²) < 4.78 is 5.60. The van der Waals surface area contributed by atoms with Crippen molar-refractivity contribution in [2.24, 2.45) is 0 Å². The molecule has 0 aliphatic carbocycles. The number of ether oxygens (including phenoxy) is 1. The molecule has 25 heavy (non-hydrogen) atoms. The number of anilines is 2. The first-order valence-electron chi connectivity index (χ1n) is 10.3. The van der Waals surface area contributed by atoms with Gasteiger partial charge < -0.3 is 15.8 Å². The van der Waals surface area contributed by atoms with Crippen LogP contribution in [0.1, 0.15) is 90.9 Å². The molecule has 1 aromatic heterocycles. The molecule has 0 aliphatic heterocycles. The maximum absolute atomic E-state index is 5.75. The Hall–Kier alpha value is -1.52. The van der Waals surface area contributed by atoms with Crippen LogP contribution >= 0.6 is 0 Å². The third kappa shape index (κ3) is 11.6. The van der Waals surface area contributed by atoms with Crippen molar-refractivity contribution in [1.29, 1.82) is 0 Å². The van der Waals surface area contributed by atoms with E-state index in [4.69, 9.17) is 10.5 Å². The normalized spacial score (nSPS) is 10.8. The summed E-state index contributed by atoms with van der Waals surface area (Å²) >= 11 is 0. The Morgan fingerprint density at radius 1 is 0.840 bits per heavy atom. The predicted molar refractivity (Wildman–Crippen MR) is 107 cm³/mol. The molecule has 3 N–H and O–H groups in total. The fraction of sp³-hybridized carbons (Fsp3) is 0.800. The van der Waals surface area contributed by atoms with Gasteiger partial charge in [0.2, 0.25) is 11.8 Å². The van der Waals surface area contributed by atoms with E-state index in [1.807, 2.05) is 6.07 Å². The van der Waals surface area contributed by atoms with Crippen LogP contribution in [0.3, 0.4) is 0 Å². The third-order valence-electron chi connectivity index (χ3n) is 4.30. The average molecular weight is 351 g/mol. The van der Waals surface area contributed by atoms with Gasteiger partial charge >= 0.3 is 0 Å². The molecule has 1 aromatic rings. The van der Waals surface area contributed by atoms with Gasteiger partial charge in [0.1, 0.15) is 5.82 Å². The summed E-state index contributed by atoms with van der Waals surface area (Å²) in [6.07, 6.45) is 15.6. The molecule has 144 valence electrons. The second-order valence-corrected chi connectivity index (χ2v) is 6.76. The maximum Gasteiger partial charge on any atom is 0.225 e. The van der Waals surface area contributed by atoms with Crippen molar-refractivity contribution in [2.45, 2.75) is 90.9 Å². The maximum atomic E-state index is 5.75. The SMILES string of the molecule is CCCCCCCCCCCCNc1cc(OCCCC)nc(N)n1. The molecule has 5 heteroatoms. The van der Waals surface area contributed by atoms with Crippen molar-refractivity contribution in [2.75, 3.05) is 24.2 Å². The number of aromatic nitrogens is 2. The lowest BCUT2D eigenvalue weighted by Crippen LogP contribution is -2.08. The van der Waals surface area contributed by atoms with E-state index in [0.717, 1.165) is 31.6 Å². The lowest BCUT2D eigenvalue weighted by Gasteiger charge is -2.09. The minimum atomic E-state index is 0.263. The minimum Gasteiger partial charge on any atom is -0.477 e. The fourth-order valence-corrected chi connectivity index (χ4v) is 2.76. The van der Waals surface area contributed by atoms with E-state index in [2.05, 4.69) is 29.1 Å². The number of nitrogen functional groups attached to an aromatic ring is 1. The largest absolute Gasteiger partial charge is 0.477 e. The van der Waals surface area contributed by atoms with E-state index in [1.165, 1.54) is 57.8 Å². The number of nitrogens with one attached hydrogen (secondary N) is 1. The van der Waals surface area contributed by atoms with Gasteiger partial charge in [0.15, 0.2) is 0 Å². The summed E-state index contributed by atoms with van der Waals surface area (Å²) in [6, 6.07) is 1.84. The molecule has 1 rings (SSSR count). The van der Waals surface area contributed by atoms with Gasteiger partial charge in [-0.25, -0.2) is 0 Å². The quantitative estimate of drug-likeness (QED) is 0.381. The highest BCUT2D eigenvalue weighted by Gasteiger charge is 2.03. The first-order chi connectivity index (χ1) is 12.3. The summed E-state index contributed by atoms with van der Waals surface area (Å²) in [7, 11) is 0. The molecule has 0 amide bonds. The number of unbranched alkanes of at least 4 members (excludes halogenated alkanes) is 10. The van der Waals surface area contributed by atoms with Gasteiger partial charge in [0.05, 0.1) is 6.61 Å². The smallest absolute Gasteiger partial charge is 0.225 e. The van der Waals surface area contributed by atoms with Crippen LogP contribution in [0.4, 0.5) is 11.8 Å². The highest BCUT2D eigenvalue weighted by Crippen LogP contribution is 2.15. The van der Waals surface area contributed by atoms with Gasteiger partial charge in [-0.05, 0) is 12.8 Å². The standard InChI is InChI=1S/C20H38N4O/c1-3-5-7-8-9-10-11-12-13-14-15-22-18-17-19(24-20(21)23-18)25-16-6-4-2/h17H,3-16H2,1-2H3,(H3,21,22,23,24). The molecule has 0 saturated carbocycles. The molecule has 0 bridgehead atoms. The highest BCUT2D eigenvalue weighted by molar-refractivity contribution is 5.42. The van der Waals surface area contributed by atoms with Crippen LogP contribution in [-0.2, 0) is 0 Å². The second kappa shape index (κ2) is 14.8. The molecule has 0 aliphatic rings. The zero-order valence-corrected chi connectivity index (χ0v) is 16.4. The molecule has 5 nitrogen and oxygen atoms in total. The number of nitrogens with zero attached hydrogens (tertiary/aromatic N) is 2. The van der Waals surface area contributed by atoms with Crippen LogP contribution < -0.4 is 15.8 Å². The Morgan fingerprint density at radius 2 is 1.44 bits per heavy atom. The van der Waals surface area contributed by atoms with Crippen LogP contribution in [0.2, 0.25) is 0 Å². The van der Waals surface area contributed by atoms with Crippen molar-refractivity contribution in [3.8, 4) is 5.88 Å². The van der Waals surface area contributed by atoms with E-state index in [9.17, 15) is 0 Å². The van der Waals surface area contributed by atoms with Crippen molar-refractivity contribution in [3.63, 3.8) is 0 Å². The van der Waals surface area contributed by atoms with Crippen LogP contribution in [0.15, 0.2) is 6.07 Å². The topological polar surface area (TPSA) is 73.1 Å². The average Bonchev–Trinajstić information content (AvgIpc) is 2.59. The lowest BCUT2D eigenvalue weighted by molar-refractivity contribution is 0.298. The first-order valence-corrected chi connectivity index (χ1v) is 10.3. The number of hydrogen-bond acceptors (Lipinski definition) is 5. The molecular formula is C20H38N4O. The van der Waals surface area contributed by atoms with Crippen LogP contribution in [-0.4, -0.2) is 23.1 Å². The van der Waals surface area contributed by atoms with Crippen molar-refractivity contribution in [1.82, 2.24) is 9.97 Å². The predicted octanol–water partition coefficient (Wildman–Crippen LogP) is 5.57.